The van der Waals surface area contributed by atoms with Crippen molar-refractivity contribution in [1.29, 1.82) is 0 Å². The summed E-state index contributed by atoms with van der Waals surface area (Å²) in [6.07, 6.45) is 31.1. The van der Waals surface area contributed by atoms with Gasteiger partial charge in [-0.15, -0.1) is 0 Å². The summed E-state index contributed by atoms with van der Waals surface area (Å²) in [5.74, 6) is -0.336. The van der Waals surface area contributed by atoms with Crippen LogP contribution >= 0.6 is 0 Å². The quantitative estimate of drug-likeness (QED) is 0.0274. The lowest BCUT2D eigenvalue weighted by Crippen LogP contribution is -2.60. The van der Waals surface area contributed by atoms with Crippen molar-refractivity contribution in [2.24, 2.45) is 0 Å². The summed E-state index contributed by atoms with van der Waals surface area (Å²) in [5, 5.41) is 76.0. The Bertz CT molecular complexity index is 959. The van der Waals surface area contributed by atoms with Gasteiger partial charge in [0.15, 0.2) is 6.29 Å². The number of carbonyl (C=O) groups excluding carboxylic acids is 1. The SMILES string of the molecule is CCCCCCCCCCCCCCCCCCCCCCCCCC(=O)N[C@@H](CO[C@H]1O[C@H](CO)[C@H](O)[C@H](O)[C@H]1O)[C@@H](O)[C@H](O)[C@H](O)CCCCCCCCCCCCC. The third kappa shape index (κ3) is 30.0. The molecular weight excluding hydrogens is 775 g/mol. The van der Waals surface area contributed by atoms with E-state index in [2.05, 4.69) is 19.2 Å². The van der Waals surface area contributed by atoms with E-state index in [9.17, 15) is 40.5 Å². The van der Waals surface area contributed by atoms with Gasteiger partial charge in [-0.25, -0.2) is 0 Å². The normalized spacial score (nSPS) is 21.4. The summed E-state index contributed by atoms with van der Waals surface area (Å²) in [7, 11) is 0. The highest BCUT2D eigenvalue weighted by atomic mass is 16.7. The molecule has 0 saturated carbocycles. The molecule has 0 bridgehead atoms. The van der Waals surface area contributed by atoms with Gasteiger partial charge in [0.1, 0.15) is 36.6 Å². The maximum Gasteiger partial charge on any atom is 0.220 e. The van der Waals surface area contributed by atoms with E-state index in [0.717, 1.165) is 38.5 Å². The molecule has 1 aliphatic rings. The molecule has 1 aliphatic heterocycles. The molecule has 0 aromatic heterocycles. The Labute approximate surface area is 373 Å². The summed E-state index contributed by atoms with van der Waals surface area (Å²) >= 11 is 0. The predicted molar refractivity (Wildman–Crippen MR) is 247 cm³/mol. The molecule has 9 atom stereocenters. The number of rotatable bonds is 44. The number of nitrogens with one attached hydrogen (secondary N) is 1. The van der Waals surface area contributed by atoms with E-state index in [0.29, 0.717) is 19.3 Å². The second-order valence-corrected chi connectivity index (χ2v) is 18.6. The average Bonchev–Trinajstić information content (AvgIpc) is 3.26. The van der Waals surface area contributed by atoms with Crippen LogP contribution in [0.3, 0.4) is 0 Å². The molecule has 0 aromatic rings. The first-order valence-corrected chi connectivity index (χ1v) is 25.9. The zero-order chi connectivity index (χ0) is 44.8. The molecule has 1 fully saturated rings. The number of carbonyl (C=O) groups is 1. The predicted octanol–water partition coefficient (Wildman–Crippen LogP) is 9.45. The molecule has 11 heteroatoms. The first kappa shape index (κ1) is 58.1. The van der Waals surface area contributed by atoms with Crippen molar-refractivity contribution in [2.45, 2.75) is 300 Å². The van der Waals surface area contributed by atoms with Crippen molar-refractivity contribution in [2.75, 3.05) is 13.2 Å². The van der Waals surface area contributed by atoms with Crippen LogP contribution in [0.15, 0.2) is 0 Å². The standard InChI is InChI=1S/C50H99NO10/c1-3-5-7-9-11-13-15-16-17-18-19-20-21-22-23-24-25-26-28-30-32-34-36-38-44(54)51-41(40-60-50-49(59)48(58)47(57)43(39-52)61-50)45(55)46(56)42(53)37-35-33-31-29-27-14-12-10-8-6-4-2/h41-43,45-50,52-53,55-59H,3-40H2,1-2H3,(H,51,54)/t41-,42+,43+,45+,46+,47-,48-,49+,50-/m0/s1. The van der Waals surface area contributed by atoms with Crippen molar-refractivity contribution < 1.29 is 50.0 Å². The fourth-order valence-electron chi connectivity index (χ4n) is 8.63. The van der Waals surface area contributed by atoms with E-state index in [1.54, 1.807) is 0 Å². The van der Waals surface area contributed by atoms with Crippen LogP contribution in [0.4, 0.5) is 0 Å². The molecule has 8 N–H and O–H groups in total. The number of amides is 1. The molecule has 364 valence electrons. The fourth-order valence-corrected chi connectivity index (χ4v) is 8.63. The lowest BCUT2D eigenvalue weighted by Gasteiger charge is -2.40. The summed E-state index contributed by atoms with van der Waals surface area (Å²) in [6, 6.07) is -1.16. The second kappa shape index (κ2) is 40.6. The molecule has 1 rings (SSSR count). The van der Waals surface area contributed by atoms with Gasteiger partial charge in [-0.2, -0.15) is 0 Å². The number of aliphatic hydroxyl groups is 7. The van der Waals surface area contributed by atoms with Gasteiger partial charge < -0.3 is 50.5 Å². The monoisotopic (exact) mass is 874 g/mol. The molecular formula is C50H99NO10. The third-order valence-electron chi connectivity index (χ3n) is 12.9. The van der Waals surface area contributed by atoms with Crippen molar-refractivity contribution in [3.8, 4) is 0 Å². The lowest BCUT2D eigenvalue weighted by molar-refractivity contribution is -0.303. The first-order chi connectivity index (χ1) is 29.7. The maximum atomic E-state index is 13.1. The van der Waals surface area contributed by atoms with Gasteiger partial charge in [-0.3, -0.25) is 4.79 Å². The van der Waals surface area contributed by atoms with Crippen LogP contribution in [0.25, 0.3) is 0 Å². The molecule has 11 nitrogen and oxygen atoms in total. The molecule has 0 spiro atoms. The number of ether oxygens (including phenoxy) is 2. The Balaban J connectivity index is 2.32. The summed E-state index contributed by atoms with van der Waals surface area (Å²) < 4.78 is 11.1. The maximum absolute atomic E-state index is 13.1. The van der Waals surface area contributed by atoms with E-state index in [1.165, 1.54) is 167 Å². The van der Waals surface area contributed by atoms with Crippen LogP contribution in [0.1, 0.15) is 245 Å². The van der Waals surface area contributed by atoms with E-state index in [-0.39, 0.29) is 12.3 Å². The van der Waals surface area contributed by atoms with Crippen LogP contribution in [0.2, 0.25) is 0 Å². The highest BCUT2D eigenvalue weighted by molar-refractivity contribution is 5.76. The summed E-state index contributed by atoms with van der Waals surface area (Å²) in [4.78, 5) is 13.1. The van der Waals surface area contributed by atoms with Crippen molar-refractivity contribution in [3.63, 3.8) is 0 Å². The van der Waals surface area contributed by atoms with E-state index >= 15 is 0 Å². The lowest BCUT2D eigenvalue weighted by atomic mass is 9.96. The highest BCUT2D eigenvalue weighted by Crippen LogP contribution is 2.23. The number of aliphatic hydroxyl groups excluding tert-OH is 7. The molecule has 0 aromatic carbocycles. The Morgan fingerprint density at radius 2 is 0.869 bits per heavy atom. The highest BCUT2D eigenvalue weighted by Gasteiger charge is 2.44. The minimum atomic E-state index is -1.66. The van der Waals surface area contributed by atoms with Gasteiger partial charge in [0, 0.05) is 6.42 Å². The Kier molecular flexibility index (Phi) is 38.7. The molecule has 0 aliphatic carbocycles. The number of unbranched alkanes of at least 4 members (excludes halogenated alkanes) is 32. The van der Waals surface area contributed by atoms with Gasteiger partial charge in [0.05, 0.1) is 25.4 Å². The molecule has 0 radical (unpaired) electrons. The van der Waals surface area contributed by atoms with Crippen LogP contribution in [-0.2, 0) is 14.3 Å². The first-order valence-electron chi connectivity index (χ1n) is 25.9. The third-order valence-corrected chi connectivity index (χ3v) is 12.9. The van der Waals surface area contributed by atoms with Gasteiger partial charge >= 0.3 is 0 Å². The minimum Gasteiger partial charge on any atom is -0.394 e. The van der Waals surface area contributed by atoms with Crippen molar-refractivity contribution in [3.05, 3.63) is 0 Å². The second-order valence-electron chi connectivity index (χ2n) is 18.6. The van der Waals surface area contributed by atoms with Gasteiger partial charge in [-0.1, -0.05) is 226 Å². The van der Waals surface area contributed by atoms with Gasteiger partial charge in [0.2, 0.25) is 5.91 Å². The zero-order valence-corrected chi connectivity index (χ0v) is 39.4. The molecule has 61 heavy (non-hydrogen) atoms. The molecule has 0 unspecified atom stereocenters. The number of hydrogen-bond donors (Lipinski definition) is 8. The van der Waals surface area contributed by atoms with E-state index in [4.69, 9.17) is 9.47 Å². The molecule has 1 amide bonds. The topological polar surface area (TPSA) is 189 Å². The molecule has 1 saturated heterocycles. The zero-order valence-electron chi connectivity index (χ0n) is 39.4. The molecule has 1 heterocycles. The van der Waals surface area contributed by atoms with Crippen LogP contribution < -0.4 is 5.32 Å². The van der Waals surface area contributed by atoms with Crippen molar-refractivity contribution >= 4 is 5.91 Å². The summed E-state index contributed by atoms with van der Waals surface area (Å²) in [5.41, 5.74) is 0. The van der Waals surface area contributed by atoms with Gasteiger partial charge in [0.25, 0.3) is 0 Å². The van der Waals surface area contributed by atoms with E-state index < -0.39 is 68.3 Å². The average molecular weight is 874 g/mol. The summed E-state index contributed by atoms with van der Waals surface area (Å²) in [6.45, 7) is 3.45. The Morgan fingerprint density at radius 1 is 0.508 bits per heavy atom. The smallest absolute Gasteiger partial charge is 0.220 e. The largest absolute Gasteiger partial charge is 0.394 e. The van der Waals surface area contributed by atoms with Crippen molar-refractivity contribution in [1.82, 2.24) is 5.32 Å². The van der Waals surface area contributed by atoms with E-state index in [1.807, 2.05) is 0 Å². The Hall–Kier alpha value is -0.890. The van der Waals surface area contributed by atoms with Crippen LogP contribution in [0, 0.1) is 0 Å². The van der Waals surface area contributed by atoms with Crippen LogP contribution in [0.5, 0.6) is 0 Å². The fraction of sp³-hybridized carbons (Fsp3) is 0.980. The minimum absolute atomic E-state index is 0.222. The number of hydrogen-bond acceptors (Lipinski definition) is 10. The van der Waals surface area contributed by atoms with Crippen LogP contribution in [-0.4, -0.2) is 110 Å². The Morgan fingerprint density at radius 3 is 1.25 bits per heavy atom. The van der Waals surface area contributed by atoms with Gasteiger partial charge in [-0.05, 0) is 12.8 Å².